The molecule has 1 fully saturated rings. The molecule has 0 unspecified atom stereocenters. The zero-order valence-electron chi connectivity index (χ0n) is 17.5. The molecule has 1 aliphatic rings. The quantitative estimate of drug-likeness (QED) is 0.517. The minimum absolute atomic E-state index is 0.551. The molecule has 3 aromatic rings. The topological polar surface area (TPSA) is 34.0 Å². The molecule has 0 saturated heterocycles. The second kappa shape index (κ2) is 9.84. The first-order valence-corrected chi connectivity index (χ1v) is 11.0. The number of nitrogens with zero attached hydrogens (tertiary/aromatic N) is 4. The van der Waals surface area contributed by atoms with Gasteiger partial charge < -0.3 is 4.57 Å². The van der Waals surface area contributed by atoms with Crippen molar-refractivity contribution in [1.29, 1.82) is 0 Å². The van der Waals surface area contributed by atoms with E-state index >= 15 is 0 Å². The summed E-state index contributed by atoms with van der Waals surface area (Å²) >= 11 is 0. The van der Waals surface area contributed by atoms with Gasteiger partial charge in [0.15, 0.2) is 0 Å². The fraction of sp³-hybridized carbons (Fsp3) is 0.440. The molecule has 0 aliphatic heterocycles. The van der Waals surface area contributed by atoms with E-state index in [4.69, 9.17) is 0 Å². The summed E-state index contributed by atoms with van der Waals surface area (Å²) in [6.07, 6.45) is 7.89. The zero-order valence-corrected chi connectivity index (χ0v) is 17.5. The monoisotopic (exact) mass is 388 g/mol. The average Bonchev–Trinajstić information content (AvgIpc) is 3.23. The van der Waals surface area contributed by atoms with Gasteiger partial charge in [0.1, 0.15) is 12.2 Å². The van der Waals surface area contributed by atoms with Crippen LogP contribution >= 0.6 is 0 Å². The number of hydrogen-bond donors (Lipinski definition) is 0. The lowest BCUT2D eigenvalue weighted by atomic mass is 9.84. The van der Waals surface area contributed by atoms with Crippen molar-refractivity contribution < 1.29 is 0 Å². The molecule has 1 aliphatic carbocycles. The van der Waals surface area contributed by atoms with E-state index in [2.05, 4.69) is 87.3 Å². The Morgan fingerprint density at radius 1 is 0.862 bits per heavy atom. The summed E-state index contributed by atoms with van der Waals surface area (Å²) in [5, 5.41) is 8.65. The predicted octanol–water partition coefficient (Wildman–Crippen LogP) is 5.42. The standard InChI is InChI=1S/C25H32N4/c1-2-17-28-20-26-27-25(28)23-13-15-24(16-14-23)29(18-21-9-5-3-6-10-21)19-22-11-7-4-8-12-22/h3-12,20,23-24H,2,13-19H2,1H3. The molecule has 2 aromatic carbocycles. The van der Waals surface area contributed by atoms with Crippen molar-refractivity contribution in [2.75, 3.05) is 0 Å². The number of hydrogen-bond acceptors (Lipinski definition) is 3. The number of rotatable bonds is 8. The fourth-order valence-electron chi connectivity index (χ4n) is 4.64. The van der Waals surface area contributed by atoms with Gasteiger partial charge in [-0.2, -0.15) is 0 Å². The third-order valence-corrected chi connectivity index (χ3v) is 6.15. The van der Waals surface area contributed by atoms with Gasteiger partial charge in [0.05, 0.1) is 0 Å². The molecular weight excluding hydrogens is 356 g/mol. The molecule has 0 amide bonds. The van der Waals surface area contributed by atoms with Crippen molar-refractivity contribution in [3.8, 4) is 0 Å². The Hall–Kier alpha value is -2.46. The van der Waals surface area contributed by atoms with E-state index < -0.39 is 0 Å². The minimum atomic E-state index is 0.551. The van der Waals surface area contributed by atoms with Gasteiger partial charge in [0.25, 0.3) is 0 Å². The van der Waals surface area contributed by atoms with Crippen molar-refractivity contribution >= 4 is 0 Å². The van der Waals surface area contributed by atoms with Crippen LogP contribution in [0.25, 0.3) is 0 Å². The van der Waals surface area contributed by atoms with E-state index in [0.717, 1.165) is 26.1 Å². The summed E-state index contributed by atoms with van der Waals surface area (Å²) in [5.74, 6) is 1.75. The lowest BCUT2D eigenvalue weighted by molar-refractivity contribution is 0.131. The highest BCUT2D eigenvalue weighted by Gasteiger charge is 2.29. The third kappa shape index (κ3) is 5.13. The van der Waals surface area contributed by atoms with Gasteiger partial charge in [-0.15, -0.1) is 10.2 Å². The summed E-state index contributed by atoms with van der Waals surface area (Å²) < 4.78 is 2.26. The molecule has 29 heavy (non-hydrogen) atoms. The predicted molar refractivity (Wildman–Crippen MR) is 117 cm³/mol. The zero-order chi connectivity index (χ0) is 19.9. The molecule has 0 N–H and O–H groups in total. The maximum Gasteiger partial charge on any atom is 0.135 e. The molecule has 0 atom stereocenters. The molecule has 0 bridgehead atoms. The van der Waals surface area contributed by atoms with E-state index in [0.29, 0.717) is 12.0 Å². The summed E-state index contributed by atoms with van der Waals surface area (Å²) in [6, 6.07) is 22.4. The first-order valence-electron chi connectivity index (χ1n) is 11.0. The lowest BCUT2D eigenvalue weighted by Crippen LogP contribution is -2.37. The highest BCUT2D eigenvalue weighted by Crippen LogP contribution is 2.35. The Morgan fingerprint density at radius 3 is 2.00 bits per heavy atom. The van der Waals surface area contributed by atoms with Crippen LogP contribution in [0.1, 0.15) is 61.9 Å². The Bertz CT molecular complexity index is 809. The van der Waals surface area contributed by atoms with Crippen LogP contribution in [0.3, 0.4) is 0 Å². The molecule has 1 aromatic heterocycles. The normalized spacial score (nSPS) is 19.5. The average molecular weight is 389 g/mol. The Kier molecular flexibility index (Phi) is 6.73. The van der Waals surface area contributed by atoms with Crippen molar-refractivity contribution in [3.05, 3.63) is 83.9 Å². The van der Waals surface area contributed by atoms with Gasteiger partial charge >= 0.3 is 0 Å². The second-order valence-electron chi connectivity index (χ2n) is 8.26. The SMILES string of the molecule is CCCn1cnnc1C1CCC(N(Cc2ccccc2)Cc2ccccc2)CC1. The van der Waals surface area contributed by atoms with Gasteiger partial charge in [0.2, 0.25) is 0 Å². The van der Waals surface area contributed by atoms with Crippen LogP contribution in [0.4, 0.5) is 0 Å². The molecule has 4 nitrogen and oxygen atoms in total. The van der Waals surface area contributed by atoms with Crippen molar-refractivity contribution in [1.82, 2.24) is 19.7 Å². The highest BCUT2D eigenvalue weighted by molar-refractivity contribution is 5.17. The minimum Gasteiger partial charge on any atom is -0.317 e. The lowest BCUT2D eigenvalue weighted by Gasteiger charge is -2.37. The highest BCUT2D eigenvalue weighted by atomic mass is 15.3. The number of aryl methyl sites for hydroxylation is 1. The molecule has 0 radical (unpaired) electrons. The maximum atomic E-state index is 4.46. The van der Waals surface area contributed by atoms with Crippen molar-refractivity contribution in [3.63, 3.8) is 0 Å². The summed E-state index contributed by atoms with van der Waals surface area (Å²) in [7, 11) is 0. The van der Waals surface area contributed by atoms with Crippen LogP contribution < -0.4 is 0 Å². The van der Waals surface area contributed by atoms with Crippen molar-refractivity contribution in [2.45, 2.75) is 70.6 Å². The van der Waals surface area contributed by atoms with Crippen LogP contribution in [0, 0.1) is 0 Å². The second-order valence-corrected chi connectivity index (χ2v) is 8.26. The van der Waals surface area contributed by atoms with Gasteiger partial charge in [-0.25, -0.2) is 0 Å². The largest absolute Gasteiger partial charge is 0.317 e. The van der Waals surface area contributed by atoms with E-state index in [1.54, 1.807) is 0 Å². The Balaban J connectivity index is 1.44. The fourth-order valence-corrected chi connectivity index (χ4v) is 4.64. The molecule has 1 heterocycles. The maximum absolute atomic E-state index is 4.46. The van der Waals surface area contributed by atoms with Crippen LogP contribution in [-0.2, 0) is 19.6 Å². The van der Waals surface area contributed by atoms with Crippen LogP contribution in [0.5, 0.6) is 0 Å². The molecule has 1 saturated carbocycles. The van der Waals surface area contributed by atoms with Gasteiger partial charge in [-0.05, 0) is 43.2 Å². The smallest absolute Gasteiger partial charge is 0.135 e. The Labute approximate surface area is 174 Å². The molecule has 152 valence electrons. The van der Waals surface area contributed by atoms with Gasteiger partial charge in [-0.3, -0.25) is 4.90 Å². The number of benzene rings is 2. The molecular formula is C25H32N4. The molecule has 0 spiro atoms. The molecule has 4 rings (SSSR count). The van der Waals surface area contributed by atoms with Crippen LogP contribution in [-0.4, -0.2) is 25.7 Å². The first kappa shape index (κ1) is 19.8. The van der Waals surface area contributed by atoms with E-state index in [9.17, 15) is 0 Å². The van der Waals surface area contributed by atoms with Gasteiger partial charge in [0, 0.05) is 31.6 Å². The van der Waals surface area contributed by atoms with Crippen LogP contribution in [0.2, 0.25) is 0 Å². The summed E-state index contributed by atoms with van der Waals surface area (Å²) in [6.45, 7) is 5.26. The molecule has 4 heteroatoms. The van der Waals surface area contributed by atoms with Crippen molar-refractivity contribution in [2.24, 2.45) is 0 Å². The van der Waals surface area contributed by atoms with Crippen LogP contribution in [0.15, 0.2) is 67.0 Å². The summed E-state index contributed by atoms with van der Waals surface area (Å²) in [4.78, 5) is 2.68. The van der Waals surface area contributed by atoms with Gasteiger partial charge in [-0.1, -0.05) is 67.6 Å². The third-order valence-electron chi connectivity index (χ3n) is 6.15. The summed E-state index contributed by atoms with van der Waals surface area (Å²) in [5.41, 5.74) is 2.79. The van der Waals surface area contributed by atoms with E-state index in [1.165, 1.54) is 42.6 Å². The van der Waals surface area contributed by atoms with E-state index in [-0.39, 0.29) is 0 Å². The first-order chi connectivity index (χ1) is 14.3. The van der Waals surface area contributed by atoms with E-state index in [1.807, 2.05) is 6.33 Å². The number of aromatic nitrogens is 3. The Morgan fingerprint density at radius 2 is 1.45 bits per heavy atom.